The van der Waals surface area contributed by atoms with E-state index in [9.17, 15) is 9.18 Å². The summed E-state index contributed by atoms with van der Waals surface area (Å²) in [6.07, 6.45) is 0.492. The fraction of sp³-hybridized carbons (Fsp3) is 0.0870. The minimum Gasteiger partial charge on any atom is -0.489 e. The minimum absolute atomic E-state index is 0.127. The lowest BCUT2D eigenvalue weighted by Crippen LogP contribution is -2.18. The van der Waals surface area contributed by atoms with Gasteiger partial charge in [0, 0.05) is 16.7 Å². The standard InChI is InChI=1S/C23H17FO4/c24-20-9-5-4-8-18(20)15-26-19-12-10-17(11-13-19)23-27-21(14-22(25)28-23)16-6-2-1-3-7-16/h1-14,23H,15H2. The van der Waals surface area contributed by atoms with Gasteiger partial charge in [-0.1, -0.05) is 48.5 Å². The molecule has 0 saturated heterocycles. The van der Waals surface area contributed by atoms with Gasteiger partial charge < -0.3 is 14.2 Å². The van der Waals surface area contributed by atoms with Gasteiger partial charge >= 0.3 is 5.97 Å². The van der Waals surface area contributed by atoms with E-state index >= 15 is 0 Å². The van der Waals surface area contributed by atoms with Gasteiger partial charge in [0.25, 0.3) is 6.29 Å². The van der Waals surface area contributed by atoms with E-state index in [2.05, 4.69) is 0 Å². The number of rotatable bonds is 5. The molecule has 0 saturated carbocycles. The lowest BCUT2D eigenvalue weighted by molar-refractivity contribution is -0.166. The molecule has 4 nitrogen and oxygen atoms in total. The van der Waals surface area contributed by atoms with Gasteiger partial charge in [0.15, 0.2) is 0 Å². The topological polar surface area (TPSA) is 44.8 Å². The van der Waals surface area contributed by atoms with Crippen molar-refractivity contribution in [3.63, 3.8) is 0 Å². The zero-order chi connectivity index (χ0) is 19.3. The van der Waals surface area contributed by atoms with Crippen molar-refractivity contribution in [1.82, 2.24) is 0 Å². The van der Waals surface area contributed by atoms with Crippen LogP contribution in [-0.2, 0) is 20.9 Å². The molecule has 140 valence electrons. The second-order valence-corrected chi connectivity index (χ2v) is 6.21. The maximum atomic E-state index is 13.7. The molecular weight excluding hydrogens is 359 g/mol. The second-order valence-electron chi connectivity index (χ2n) is 6.21. The summed E-state index contributed by atoms with van der Waals surface area (Å²) in [6, 6.07) is 22.8. The van der Waals surface area contributed by atoms with Crippen molar-refractivity contribution < 1.29 is 23.4 Å². The highest BCUT2D eigenvalue weighted by atomic mass is 19.1. The Labute approximate surface area is 161 Å². The molecule has 1 unspecified atom stereocenters. The van der Waals surface area contributed by atoms with Crippen LogP contribution in [0.2, 0.25) is 0 Å². The summed E-state index contributed by atoms with van der Waals surface area (Å²) in [6.45, 7) is 0.127. The molecular formula is C23H17FO4. The molecule has 0 radical (unpaired) electrons. The Balaban J connectivity index is 1.44. The molecule has 1 aliphatic rings. The lowest BCUT2D eigenvalue weighted by atomic mass is 10.1. The summed E-state index contributed by atoms with van der Waals surface area (Å²) in [5.41, 5.74) is 1.95. The number of benzene rings is 3. The third kappa shape index (κ3) is 4.04. The number of carbonyl (C=O) groups excluding carboxylic acids is 1. The van der Waals surface area contributed by atoms with Crippen LogP contribution < -0.4 is 4.74 Å². The Kier molecular flexibility index (Phi) is 5.06. The lowest BCUT2D eigenvalue weighted by Gasteiger charge is -2.25. The maximum Gasteiger partial charge on any atom is 0.337 e. The van der Waals surface area contributed by atoms with Crippen molar-refractivity contribution in [3.05, 3.63) is 107 Å². The monoisotopic (exact) mass is 376 g/mol. The summed E-state index contributed by atoms with van der Waals surface area (Å²) >= 11 is 0. The number of halogens is 1. The van der Waals surface area contributed by atoms with E-state index in [1.54, 1.807) is 42.5 Å². The number of hydrogen-bond acceptors (Lipinski definition) is 4. The van der Waals surface area contributed by atoms with Crippen molar-refractivity contribution in [1.29, 1.82) is 0 Å². The van der Waals surface area contributed by atoms with E-state index in [0.717, 1.165) is 5.56 Å². The van der Waals surface area contributed by atoms with E-state index in [0.29, 0.717) is 22.6 Å². The quantitative estimate of drug-likeness (QED) is 0.587. The summed E-state index contributed by atoms with van der Waals surface area (Å²) in [7, 11) is 0. The second kappa shape index (κ2) is 7.96. The SMILES string of the molecule is O=C1C=C(c2ccccc2)OC(c2ccc(OCc3ccccc3F)cc2)O1. The number of esters is 1. The van der Waals surface area contributed by atoms with Crippen LogP contribution in [0.25, 0.3) is 5.76 Å². The molecule has 0 amide bonds. The van der Waals surface area contributed by atoms with Crippen molar-refractivity contribution >= 4 is 11.7 Å². The Bertz CT molecular complexity index is 997. The van der Waals surface area contributed by atoms with Crippen molar-refractivity contribution in [2.24, 2.45) is 0 Å². The molecule has 1 heterocycles. The van der Waals surface area contributed by atoms with Crippen molar-refractivity contribution in [2.75, 3.05) is 0 Å². The highest BCUT2D eigenvalue weighted by molar-refractivity contribution is 5.91. The predicted molar refractivity (Wildman–Crippen MR) is 102 cm³/mol. The van der Waals surface area contributed by atoms with Gasteiger partial charge in [-0.25, -0.2) is 9.18 Å². The van der Waals surface area contributed by atoms with Crippen LogP contribution in [0.4, 0.5) is 4.39 Å². The molecule has 1 aliphatic heterocycles. The third-order valence-electron chi connectivity index (χ3n) is 4.27. The number of carbonyl (C=O) groups is 1. The van der Waals surface area contributed by atoms with Crippen LogP contribution in [0.5, 0.6) is 5.75 Å². The number of cyclic esters (lactones) is 1. The summed E-state index contributed by atoms with van der Waals surface area (Å²) in [5, 5.41) is 0. The maximum absolute atomic E-state index is 13.7. The van der Waals surface area contributed by atoms with Crippen LogP contribution in [0.3, 0.4) is 0 Å². The first kappa shape index (κ1) is 17.8. The summed E-state index contributed by atoms with van der Waals surface area (Å²) in [5.74, 6) is 0.270. The first-order chi connectivity index (χ1) is 13.7. The van der Waals surface area contributed by atoms with E-state index in [1.807, 2.05) is 30.3 Å². The fourth-order valence-electron chi connectivity index (χ4n) is 2.81. The normalized spacial score (nSPS) is 16.0. The molecule has 3 aromatic rings. The van der Waals surface area contributed by atoms with Gasteiger partial charge in [-0.3, -0.25) is 0 Å². The van der Waals surface area contributed by atoms with Crippen LogP contribution in [0.15, 0.2) is 84.9 Å². The first-order valence-corrected chi connectivity index (χ1v) is 8.79. The van der Waals surface area contributed by atoms with Crippen LogP contribution in [-0.4, -0.2) is 5.97 Å². The van der Waals surface area contributed by atoms with Crippen LogP contribution in [0.1, 0.15) is 23.0 Å². The average Bonchev–Trinajstić information content (AvgIpc) is 2.74. The molecule has 1 atom stereocenters. The van der Waals surface area contributed by atoms with E-state index in [4.69, 9.17) is 14.2 Å². The first-order valence-electron chi connectivity index (χ1n) is 8.79. The van der Waals surface area contributed by atoms with Gasteiger partial charge in [-0.05, 0) is 30.3 Å². The largest absolute Gasteiger partial charge is 0.489 e. The number of hydrogen-bond donors (Lipinski definition) is 0. The molecule has 3 aromatic carbocycles. The molecule has 0 bridgehead atoms. The smallest absolute Gasteiger partial charge is 0.337 e. The molecule has 5 heteroatoms. The highest BCUT2D eigenvalue weighted by Gasteiger charge is 2.25. The van der Waals surface area contributed by atoms with Crippen molar-refractivity contribution in [3.8, 4) is 5.75 Å². The fourth-order valence-corrected chi connectivity index (χ4v) is 2.81. The predicted octanol–water partition coefficient (Wildman–Crippen LogP) is 5.02. The van der Waals surface area contributed by atoms with Crippen LogP contribution in [0, 0.1) is 5.82 Å². The molecule has 0 spiro atoms. The Hall–Kier alpha value is -3.60. The Morgan fingerprint density at radius 2 is 1.57 bits per heavy atom. The average molecular weight is 376 g/mol. The minimum atomic E-state index is -0.840. The van der Waals surface area contributed by atoms with Gasteiger partial charge in [0.2, 0.25) is 0 Å². The zero-order valence-corrected chi connectivity index (χ0v) is 14.9. The molecule has 28 heavy (non-hydrogen) atoms. The van der Waals surface area contributed by atoms with Gasteiger partial charge in [-0.2, -0.15) is 0 Å². The molecule has 0 aromatic heterocycles. The molecule has 0 aliphatic carbocycles. The van der Waals surface area contributed by atoms with E-state index in [-0.39, 0.29) is 12.4 Å². The van der Waals surface area contributed by atoms with Crippen molar-refractivity contribution in [2.45, 2.75) is 12.9 Å². The molecule has 0 fully saturated rings. The molecule has 0 N–H and O–H groups in total. The van der Waals surface area contributed by atoms with Crippen LogP contribution >= 0.6 is 0 Å². The summed E-state index contributed by atoms with van der Waals surface area (Å²) < 4.78 is 30.4. The zero-order valence-electron chi connectivity index (χ0n) is 14.9. The summed E-state index contributed by atoms with van der Waals surface area (Å²) in [4.78, 5) is 11.9. The highest BCUT2D eigenvalue weighted by Crippen LogP contribution is 2.32. The van der Waals surface area contributed by atoms with Gasteiger partial charge in [-0.15, -0.1) is 0 Å². The Morgan fingerprint density at radius 3 is 2.32 bits per heavy atom. The van der Waals surface area contributed by atoms with E-state index < -0.39 is 12.3 Å². The molecule has 4 rings (SSSR count). The Morgan fingerprint density at radius 1 is 0.857 bits per heavy atom. The van der Waals surface area contributed by atoms with E-state index in [1.165, 1.54) is 12.1 Å². The number of ether oxygens (including phenoxy) is 3. The third-order valence-corrected chi connectivity index (χ3v) is 4.27. The van der Waals surface area contributed by atoms with Gasteiger partial charge in [0.1, 0.15) is 23.9 Å². The van der Waals surface area contributed by atoms with Gasteiger partial charge in [0.05, 0.1) is 6.08 Å².